The topological polar surface area (TPSA) is 240 Å². The zero-order valence-electron chi connectivity index (χ0n) is 34.4. The Morgan fingerprint density at radius 1 is 0.597 bits per heavy atom. The van der Waals surface area contributed by atoms with Crippen LogP contribution in [0.15, 0.2) is 144 Å². The number of hydrogen-bond acceptors (Lipinski definition) is 13. The molecule has 0 unspecified atom stereocenters. The molecule has 12 rings (SSSR count). The van der Waals surface area contributed by atoms with Gasteiger partial charge < -0.3 is 25.8 Å². The van der Waals surface area contributed by atoms with Crippen molar-refractivity contribution >= 4 is 129 Å². The predicted molar refractivity (Wildman–Crippen MR) is 263 cm³/mol. The van der Waals surface area contributed by atoms with Crippen LogP contribution in [-0.2, 0) is 28.7 Å². The molecular weight excluding hydrogens is 956 g/mol. The van der Waals surface area contributed by atoms with Crippen molar-refractivity contribution in [2.24, 2.45) is 0 Å². The number of amides is 2. The first-order valence-electron chi connectivity index (χ1n) is 20.0. The smallest absolute Gasteiger partial charge is 0.262 e. The number of anilines is 4. The number of aromatic amines is 2. The van der Waals surface area contributed by atoms with Crippen LogP contribution < -0.4 is 30.6 Å². The molecule has 67 heavy (non-hydrogen) atoms. The Kier molecular flexibility index (Phi) is 11.3. The van der Waals surface area contributed by atoms with Gasteiger partial charge in [-0.2, -0.15) is 10.2 Å². The normalized spacial score (nSPS) is 13.3. The second kappa shape index (κ2) is 17.4. The summed E-state index contributed by atoms with van der Waals surface area (Å²) in [5.41, 5.74) is 11.6. The Labute approximate surface area is 393 Å². The van der Waals surface area contributed by atoms with Crippen LogP contribution in [0.5, 0.6) is 11.5 Å². The molecule has 336 valence electrons. The largest absolute Gasteiger partial charge is 0.482 e. The van der Waals surface area contributed by atoms with E-state index >= 15 is 0 Å². The van der Waals surface area contributed by atoms with Crippen molar-refractivity contribution < 1.29 is 35.9 Å². The fraction of sp³-hybridized carbons (Fsp3) is 0.0435. The van der Waals surface area contributed by atoms with Gasteiger partial charge in [-0.1, -0.05) is 36.4 Å². The first kappa shape index (κ1) is 43.4. The first-order valence-corrected chi connectivity index (χ1v) is 25.5. The number of nitrogens with zero attached hydrogens (tertiary/aromatic N) is 2. The number of sulfonamides is 1. The Morgan fingerprint density at radius 2 is 1.10 bits per heavy atom. The second-order valence-electron chi connectivity index (χ2n) is 15.1. The monoisotopic (exact) mass is 988 g/mol. The van der Waals surface area contributed by atoms with E-state index in [2.05, 4.69) is 78.2 Å². The molecule has 0 saturated carbocycles. The summed E-state index contributed by atoms with van der Waals surface area (Å²) in [6, 6.07) is 36.6. The molecule has 7 N–H and O–H groups in total. The van der Waals surface area contributed by atoms with Gasteiger partial charge in [0.15, 0.2) is 13.2 Å². The molecule has 10 aromatic rings. The Balaban J connectivity index is 0.000000130. The number of H-pyrrole nitrogens is 2. The van der Waals surface area contributed by atoms with E-state index in [9.17, 15) is 26.4 Å². The minimum Gasteiger partial charge on any atom is -0.482 e. The van der Waals surface area contributed by atoms with Gasteiger partial charge in [0.2, 0.25) is 0 Å². The molecule has 2 aliphatic heterocycles. The summed E-state index contributed by atoms with van der Waals surface area (Å²) in [7, 11) is -2.56. The maximum Gasteiger partial charge on any atom is 0.262 e. The van der Waals surface area contributed by atoms with E-state index in [0.717, 1.165) is 53.6 Å². The average molecular weight is 990 g/mol. The number of thiophene rings is 2. The number of hydrogen-bond donors (Lipinski definition) is 6. The molecule has 0 fully saturated rings. The van der Waals surface area contributed by atoms with Crippen LogP contribution >= 0.6 is 33.4 Å². The third-order valence-corrected chi connectivity index (χ3v) is 15.5. The molecule has 0 aliphatic carbocycles. The van der Waals surface area contributed by atoms with Crippen LogP contribution in [0.1, 0.15) is 0 Å². The van der Waals surface area contributed by atoms with E-state index in [4.69, 9.17) is 25.9 Å². The van der Waals surface area contributed by atoms with Gasteiger partial charge in [0.05, 0.1) is 50.3 Å². The van der Waals surface area contributed by atoms with Crippen molar-refractivity contribution in [3.05, 3.63) is 134 Å². The zero-order chi connectivity index (χ0) is 46.5. The van der Waals surface area contributed by atoms with Crippen molar-refractivity contribution in [3.8, 4) is 32.4 Å². The molecule has 21 heteroatoms. The standard InChI is InChI=1S/C23H16N4O4S2.C15H11N3S.C8H6ClNO4S/c28-22-12-31-19-6-5-16(10-18(19)25-22)33(29,30)27-15-7-14-11-24-26-23(14)17(9-15)21-8-13-3-1-2-4-20(13)32-21;16-11-5-10-8-17-18-15(10)12(7-11)14-6-9-3-1-2-4-13(9)19-14;9-15(12,13)5-1-2-7-6(3-5)10-8(11)4-14-7/h1-11,27H,12H2,(H,24,26)(H,25,28);1-8H,16H2,(H,17,18);1-3H,4H2,(H,10,11). The molecule has 6 heterocycles. The average Bonchev–Trinajstić information content (AvgIpc) is 4.14. The number of carbonyl (C=O) groups excluding carboxylic acids is 2. The number of carbonyl (C=O) groups is 2. The zero-order valence-corrected chi connectivity index (χ0v) is 38.4. The highest BCUT2D eigenvalue weighted by Crippen LogP contribution is 2.40. The molecule has 6 aromatic carbocycles. The van der Waals surface area contributed by atoms with E-state index in [0.29, 0.717) is 28.6 Å². The SMILES string of the molecule is Nc1cc(-c2cc3ccccc3s2)c2[nH]ncc2c1.O=C1COc2ccc(S(=O)(=O)Cl)cc2N1.O=C1COc2ccc(S(=O)(=O)Nc3cc(-c4cc5ccccc5s4)c4[nH]ncc4c3)cc2N1. The first-order chi connectivity index (χ1) is 32.2. The van der Waals surface area contributed by atoms with Gasteiger partial charge in [0, 0.05) is 57.4 Å². The number of halogens is 1. The van der Waals surface area contributed by atoms with Crippen LogP contribution in [0.4, 0.5) is 22.7 Å². The van der Waals surface area contributed by atoms with Crippen LogP contribution in [0.2, 0.25) is 0 Å². The van der Waals surface area contributed by atoms with Crippen LogP contribution in [0, 0.1) is 0 Å². The fourth-order valence-electron chi connectivity index (χ4n) is 7.47. The minimum absolute atomic E-state index is 0.0164. The highest BCUT2D eigenvalue weighted by atomic mass is 35.7. The van der Waals surface area contributed by atoms with Crippen molar-refractivity contribution in [1.29, 1.82) is 0 Å². The number of aromatic nitrogens is 4. The number of rotatable bonds is 6. The molecule has 0 radical (unpaired) electrons. The van der Waals surface area contributed by atoms with E-state index < -0.39 is 19.1 Å². The molecule has 4 aromatic heterocycles. The molecule has 16 nitrogen and oxygen atoms in total. The predicted octanol–water partition coefficient (Wildman–Crippen LogP) is 9.55. The lowest BCUT2D eigenvalue weighted by Gasteiger charge is -2.18. The van der Waals surface area contributed by atoms with Crippen molar-refractivity contribution in [2.75, 3.05) is 34.3 Å². The van der Waals surface area contributed by atoms with Gasteiger partial charge in [0.1, 0.15) is 11.5 Å². The molecule has 0 bridgehead atoms. The van der Waals surface area contributed by atoms with Crippen molar-refractivity contribution in [2.45, 2.75) is 9.79 Å². The van der Waals surface area contributed by atoms with Gasteiger partial charge >= 0.3 is 0 Å². The maximum absolute atomic E-state index is 13.1. The minimum atomic E-state index is -3.92. The molecule has 2 amide bonds. The lowest BCUT2D eigenvalue weighted by molar-refractivity contribution is -0.119. The number of nitrogens with one attached hydrogen (secondary N) is 5. The molecule has 0 atom stereocenters. The van der Waals surface area contributed by atoms with Gasteiger partial charge in [0.25, 0.3) is 30.9 Å². The number of nitrogen functional groups attached to an aromatic ring is 1. The Hall–Kier alpha value is -7.49. The second-order valence-corrected chi connectivity index (χ2v) is 21.5. The fourth-order valence-corrected chi connectivity index (χ4v) is 11.5. The Bertz CT molecular complexity index is 3760. The number of benzene rings is 6. The van der Waals surface area contributed by atoms with Crippen molar-refractivity contribution in [1.82, 2.24) is 20.4 Å². The van der Waals surface area contributed by atoms with Crippen LogP contribution in [-0.4, -0.2) is 62.3 Å². The number of fused-ring (bicyclic) bond motifs is 6. The van der Waals surface area contributed by atoms with E-state index in [1.165, 1.54) is 51.4 Å². The highest BCUT2D eigenvalue weighted by Gasteiger charge is 2.23. The number of nitrogens with two attached hydrogens (primary N) is 1. The van der Waals surface area contributed by atoms with E-state index in [1.54, 1.807) is 41.0 Å². The van der Waals surface area contributed by atoms with Gasteiger partial charge in [-0.05, 0) is 95.7 Å². The molecular formula is C46H33ClN8O8S4. The summed E-state index contributed by atoms with van der Waals surface area (Å²) in [6.07, 6.45) is 3.47. The summed E-state index contributed by atoms with van der Waals surface area (Å²) < 4.78 is 63.8. The third kappa shape index (κ3) is 9.07. The summed E-state index contributed by atoms with van der Waals surface area (Å²) in [6.45, 7) is -0.164. The van der Waals surface area contributed by atoms with Gasteiger partial charge in [-0.25, -0.2) is 16.8 Å². The summed E-state index contributed by atoms with van der Waals surface area (Å²) in [4.78, 5) is 24.7. The Morgan fingerprint density at radius 3 is 1.66 bits per heavy atom. The van der Waals surface area contributed by atoms with Crippen molar-refractivity contribution in [3.63, 3.8) is 0 Å². The third-order valence-electron chi connectivity index (χ3n) is 10.5. The quantitative estimate of drug-likeness (QED) is 0.0677. The molecule has 2 aliphatic rings. The lowest BCUT2D eigenvalue weighted by atomic mass is 10.1. The van der Waals surface area contributed by atoms with Crippen LogP contribution in [0.3, 0.4) is 0 Å². The summed E-state index contributed by atoms with van der Waals surface area (Å²) in [5.74, 6) is 0.203. The van der Waals surface area contributed by atoms with Gasteiger partial charge in [-0.3, -0.25) is 24.5 Å². The van der Waals surface area contributed by atoms with Gasteiger partial charge in [-0.15, -0.1) is 22.7 Å². The molecule has 0 saturated heterocycles. The van der Waals surface area contributed by atoms with E-state index in [1.807, 2.05) is 36.5 Å². The summed E-state index contributed by atoms with van der Waals surface area (Å²) >= 11 is 3.40. The maximum atomic E-state index is 13.1. The van der Waals surface area contributed by atoms with E-state index in [-0.39, 0.29) is 34.8 Å². The highest BCUT2D eigenvalue weighted by molar-refractivity contribution is 8.13. The number of ether oxygens (including phenoxy) is 2. The van der Waals surface area contributed by atoms with Crippen LogP contribution in [0.25, 0.3) is 62.9 Å². The molecule has 0 spiro atoms. The lowest BCUT2D eigenvalue weighted by Crippen LogP contribution is -2.25. The summed E-state index contributed by atoms with van der Waals surface area (Å²) in [5, 5.41) is 23.7.